The predicted octanol–water partition coefficient (Wildman–Crippen LogP) is 2.65. The van der Waals surface area contributed by atoms with Crippen LogP contribution in [0.4, 0.5) is 0 Å². The van der Waals surface area contributed by atoms with E-state index in [1.165, 1.54) is 16.7 Å². The summed E-state index contributed by atoms with van der Waals surface area (Å²) < 4.78 is 0. The molecule has 2 rings (SSSR count). The molecular weight excluding hydrogens is 172 g/mol. The third-order valence-corrected chi connectivity index (χ3v) is 3.77. The molecule has 14 heavy (non-hydrogen) atoms. The van der Waals surface area contributed by atoms with Crippen molar-refractivity contribution in [2.45, 2.75) is 33.1 Å². The highest BCUT2D eigenvalue weighted by Crippen LogP contribution is 2.46. The summed E-state index contributed by atoms with van der Waals surface area (Å²) in [5.41, 5.74) is 4.22. The molecule has 0 amide bonds. The van der Waals surface area contributed by atoms with Gasteiger partial charge in [-0.25, -0.2) is 0 Å². The summed E-state index contributed by atoms with van der Waals surface area (Å²) in [6, 6.07) is 6.64. The molecule has 2 unspecified atom stereocenters. The molecule has 0 saturated heterocycles. The molecule has 1 nitrogen and oxygen atoms in total. The average molecular weight is 190 g/mol. The van der Waals surface area contributed by atoms with Crippen molar-refractivity contribution in [3.63, 3.8) is 0 Å². The van der Waals surface area contributed by atoms with Crippen LogP contribution in [0.2, 0.25) is 0 Å². The Morgan fingerprint density at radius 1 is 1.50 bits per heavy atom. The minimum Gasteiger partial charge on any atom is -0.396 e. The molecule has 0 aromatic heterocycles. The molecule has 0 radical (unpaired) electrons. The fourth-order valence-electron chi connectivity index (χ4n) is 2.47. The molecule has 1 aliphatic rings. The van der Waals surface area contributed by atoms with Gasteiger partial charge in [-0.1, -0.05) is 37.6 Å². The Morgan fingerprint density at radius 3 is 2.86 bits per heavy atom. The van der Waals surface area contributed by atoms with Crippen LogP contribution in [-0.4, -0.2) is 11.7 Å². The number of hydrogen-bond acceptors (Lipinski definition) is 1. The summed E-state index contributed by atoms with van der Waals surface area (Å²) in [4.78, 5) is 0. The van der Waals surface area contributed by atoms with Crippen molar-refractivity contribution in [2.75, 3.05) is 6.61 Å². The van der Waals surface area contributed by atoms with E-state index in [1.54, 1.807) is 0 Å². The first-order valence-electron chi connectivity index (χ1n) is 5.27. The first-order chi connectivity index (χ1) is 6.57. The number of rotatable bonds is 1. The zero-order valence-electron chi connectivity index (χ0n) is 9.17. The van der Waals surface area contributed by atoms with Gasteiger partial charge in [-0.15, -0.1) is 0 Å². The number of fused-ring (bicyclic) bond motifs is 1. The van der Waals surface area contributed by atoms with Gasteiger partial charge < -0.3 is 5.11 Å². The number of aliphatic hydroxyl groups is 1. The van der Waals surface area contributed by atoms with Gasteiger partial charge >= 0.3 is 0 Å². The smallest absolute Gasteiger partial charge is 0.0493 e. The second-order valence-electron chi connectivity index (χ2n) is 4.91. The largest absolute Gasteiger partial charge is 0.396 e. The van der Waals surface area contributed by atoms with Crippen molar-refractivity contribution >= 4 is 0 Å². The van der Waals surface area contributed by atoms with Crippen molar-refractivity contribution < 1.29 is 5.11 Å². The van der Waals surface area contributed by atoms with E-state index in [1.807, 2.05) is 0 Å². The third kappa shape index (κ3) is 1.27. The first kappa shape index (κ1) is 9.72. The number of aryl methyl sites for hydroxylation is 1. The fraction of sp³-hybridized carbons (Fsp3) is 0.538. The normalized spacial score (nSPS) is 30.4. The van der Waals surface area contributed by atoms with Crippen LogP contribution in [0.25, 0.3) is 0 Å². The second-order valence-corrected chi connectivity index (χ2v) is 4.91. The number of hydrogen-bond donors (Lipinski definition) is 1. The summed E-state index contributed by atoms with van der Waals surface area (Å²) in [7, 11) is 0. The number of aliphatic hydroxyl groups excluding tert-OH is 1. The Morgan fingerprint density at radius 2 is 2.21 bits per heavy atom. The van der Waals surface area contributed by atoms with Gasteiger partial charge in [0, 0.05) is 12.0 Å². The summed E-state index contributed by atoms with van der Waals surface area (Å²) in [6.45, 7) is 6.80. The van der Waals surface area contributed by atoms with E-state index in [2.05, 4.69) is 39.0 Å². The fourth-order valence-corrected chi connectivity index (χ4v) is 2.47. The van der Waals surface area contributed by atoms with Gasteiger partial charge in [-0.05, 0) is 30.4 Å². The number of benzene rings is 1. The molecule has 0 saturated carbocycles. The second kappa shape index (κ2) is 3.09. The summed E-state index contributed by atoms with van der Waals surface area (Å²) >= 11 is 0. The Hall–Kier alpha value is -0.820. The lowest BCUT2D eigenvalue weighted by Gasteiger charge is -2.26. The minimum absolute atomic E-state index is 0.0517. The first-order valence-corrected chi connectivity index (χ1v) is 5.27. The molecule has 1 aromatic carbocycles. The maximum Gasteiger partial charge on any atom is 0.0493 e. The van der Waals surface area contributed by atoms with Gasteiger partial charge in [0.1, 0.15) is 0 Å². The standard InChI is InChI=1S/C13H18O/c1-9-4-5-12-10(2)13(3,8-14)7-11(12)6-9/h4-6,10,14H,7-8H2,1-3H3. The molecule has 76 valence electrons. The molecule has 0 aliphatic heterocycles. The SMILES string of the molecule is Cc1ccc2c(c1)CC(C)(CO)C2C. The van der Waals surface area contributed by atoms with Gasteiger partial charge in [0.25, 0.3) is 0 Å². The minimum atomic E-state index is 0.0517. The Bertz CT molecular complexity index is 356. The van der Waals surface area contributed by atoms with Crippen LogP contribution in [-0.2, 0) is 6.42 Å². The highest BCUT2D eigenvalue weighted by atomic mass is 16.3. The van der Waals surface area contributed by atoms with Crippen LogP contribution >= 0.6 is 0 Å². The predicted molar refractivity (Wildman–Crippen MR) is 58.5 cm³/mol. The van der Waals surface area contributed by atoms with E-state index in [9.17, 15) is 5.11 Å². The highest BCUT2D eigenvalue weighted by Gasteiger charge is 2.38. The lowest BCUT2D eigenvalue weighted by atomic mass is 9.80. The van der Waals surface area contributed by atoms with Crippen molar-refractivity contribution in [1.29, 1.82) is 0 Å². The highest BCUT2D eigenvalue weighted by molar-refractivity contribution is 5.40. The van der Waals surface area contributed by atoms with Gasteiger partial charge in [0.15, 0.2) is 0 Å². The lowest BCUT2D eigenvalue weighted by molar-refractivity contribution is 0.130. The average Bonchev–Trinajstić information content (AvgIpc) is 2.40. The van der Waals surface area contributed by atoms with Crippen molar-refractivity contribution in [1.82, 2.24) is 0 Å². The summed E-state index contributed by atoms with van der Waals surface area (Å²) in [5, 5.41) is 9.44. The van der Waals surface area contributed by atoms with E-state index < -0.39 is 0 Å². The van der Waals surface area contributed by atoms with E-state index in [4.69, 9.17) is 0 Å². The van der Waals surface area contributed by atoms with Crippen LogP contribution in [0.3, 0.4) is 0 Å². The molecule has 1 heteroatoms. The van der Waals surface area contributed by atoms with Gasteiger partial charge in [0.05, 0.1) is 0 Å². The van der Waals surface area contributed by atoms with Crippen LogP contribution in [0.5, 0.6) is 0 Å². The maximum absolute atomic E-state index is 9.44. The zero-order valence-corrected chi connectivity index (χ0v) is 9.17. The van der Waals surface area contributed by atoms with E-state index in [0.717, 1.165) is 6.42 Å². The van der Waals surface area contributed by atoms with E-state index >= 15 is 0 Å². The Balaban J connectivity index is 2.45. The molecule has 0 bridgehead atoms. The van der Waals surface area contributed by atoms with Crippen molar-refractivity contribution in [3.05, 3.63) is 34.9 Å². The van der Waals surface area contributed by atoms with Gasteiger partial charge in [-0.3, -0.25) is 0 Å². The van der Waals surface area contributed by atoms with E-state index in [-0.39, 0.29) is 12.0 Å². The monoisotopic (exact) mass is 190 g/mol. The zero-order chi connectivity index (χ0) is 10.3. The van der Waals surface area contributed by atoms with Gasteiger partial charge in [0.2, 0.25) is 0 Å². The molecular formula is C13H18O. The quantitative estimate of drug-likeness (QED) is 0.721. The van der Waals surface area contributed by atoms with Crippen LogP contribution in [0.15, 0.2) is 18.2 Å². The van der Waals surface area contributed by atoms with Crippen LogP contribution in [0.1, 0.15) is 36.5 Å². The Labute approximate surface area is 85.8 Å². The molecule has 1 aliphatic carbocycles. The topological polar surface area (TPSA) is 20.2 Å². The molecule has 0 fully saturated rings. The molecule has 1 aromatic rings. The van der Waals surface area contributed by atoms with Crippen molar-refractivity contribution in [2.24, 2.45) is 5.41 Å². The molecule has 2 atom stereocenters. The maximum atomic E-state index is 9.44. The third-order valence-electron chi connectivity index (χ3n) is 3.77. The molecule has 0 spiro atoms. The van der Waals surface area contributed by atoms with Gasteiger partial charge in [-0.2, -0.15) is 0 Å². The molecule has 1 N–H and O–H groups in total. The van der Waals surface area contributed by atoms with Crippen molar-refractivity contribution in [3.8, 4) is 0 Å². The van der Waals surface area contributed by atoms with Crippen LogP contribution in [0, 0.1) is 12.3 Å². The van der Waals surface area contributed by atoms with E-state index in [0.29, 0.717) is 5.92 Å². The molecule has 0 heterocycles. The Kier molecular flexibility index (Phi) is 2.15. The summed E-state index contributed by atoms with van der Waals surface area (Å²) in [6.07, 6.45) is 1.02. The summed E-state index contributed by atoms with van der Waals surface area (Å²) in [5.74, 6) is 0.475. The lowest BCUT2D eigenvalue weighted by Crippen LogP contribution is -2.24. The van der Waals surface area contributed by atoms with Crippen LogP contribution < -0.4 is 0 Å².